The molecule has 1 atom stereocenters. The first-order chi connectivity index (χ1) is 6.95. The van der Waals surface area contributed by atoms with Crippen molar-refractivity contribution >= 4 is 0 Å². The molecule has 0 aliphatic rings. The van der Waals surface area contributed by atoms with Crippen LogP contribution >= 0.6 is 0 Å². The first-order valence-corrected chi connectivity index (χ1v) is 6.66. The molecule has 0 saturated heterocycles. The lowest BCUT2D eigenvalue weighted by molar-refractivity contribution is 0.291. The van der Waals surface area contributed by atoms with Gasteiger partial charge in [-0.2, -0.15) is 0 Å². The van der Waals surface area contributed by atoms with Gasteiger partial charge in [0.1, 0.15) is 0 Å². The Kier molecular flexibility index (Phi) is 8.13. The van der Waals surface area contributed by atoms with Crippen molar-refractivity contribution < 1.29 is 0 Å². The third-order valence-electron chi connectivity index (χ3n) is 2.76. The number of rotatable bonds is 8. The summed E-state index contributed by atoms with van der Waals surface area (Å²) in [5.74, 6) is 0.893. The zero-order valence-electron chi connectivity index (χ0n) is 11.5. The van der Waals surface area contributed by atoms with E-state index in [4.69, 9.17) is 0 Å². The summed E-state index contributed by atoms with van der Waals surface area (Å²) in [7, 11) is 0. The molecule has 0 heterocycles. The molecule has 15 heavy (non-hydrogen) atoms. The van der Waals surface area contributed by atoms with E-state index in [0.29, 0.717) is 5.41 Å². The minimum atomic E-state index is 0.503. The molecule has 0 aromatic heterocycles. The Balaban J connectivity index is 3.28. The lowest BCUT2D eigenvalue weighted by atomic mass is 9.83. The summed E-state index contributed by atoms with van der Waals surface area (Å²) >= 11 is 0. The molecule has 0 amide bonds. The fourth-order valence-electron chi connectivity index (χ4n) is 2.24. The van der Waals surface area contributed by atoms with E-state index in [0.717, 1.165) is 12.5 Å². The molecule has 1 nitrogen and oxygen atoms in total. The number of nitrogens with one attached hydrogen (secondary N) is 1. The third-order valence-corrected chi connectivity index (χ3v) is 2.76. The molecular weight excluding hydrogens is 182 g/mol. The summed E-state index contributed by atoms with van der Waals surface area (Å²) in [6.45, 7) is 13.9. The fraction of sp³-hybridized carbons (Fsp3) is 1.00. The molecule has 0 aliphatic carbocycles. The molecule has 0 aromatic rings. The van der Waals surface area contributed by atoms with Crippen molar-refractivity contribution in [3.8, 4) is 0 Å². The molecule has 0 fully saturated rings. The molecule has 0 spiro atoms. The van der Waals surface area contributed by atoms with Crippen molar-refractivity contribution in [2.75, 3.05) is 13.1 Å². The lowest BCUT2D eigenvalue weighted by Gasteiger charge is -2.23. The zero-order valence-corrected chi connectivity index (χ0v) is 11.5. The Labute approximate surface area is 97.0 Å². The van der Waals surface area contributed by atoms with E-state index >= 15 is 0 Å². The van der Waals surface area contributed by atoms with Crippen molar-refractivity contribution in [1.29, 1.82) is 0 Å². The van der Waals surface area contributed by atoms with Gasteiger partial charge >= 0.3 is 0 Å². The van der Waals surface area contributed by atoms with Crippen molar-refractivity contribution in [2.45, 2.75) is 66.7 Å². The average Bonchev–Trinajstić information content (AvgIpc) is 2.08. The predicted molar refractivity (Wildman–Crippen MR) is 70.2 cm³/mol. The average molecular weight is 213 g/mol. The third kappa shape index (κ3) is 11.9. The minimum Gasteiger partial charge on any atom is -0.317 e. The fourth-order valence-corrected chi connectivity index (χ4v) is 2.24. The molecule has 0 saturated carbocycles. The lowest BCUT2D eigenvalue weighted by Crippen LogP contribution is -2.14. The second kappa shape index (κ2) is 8.15. The highest BCUT2D eigenvalue weighted by Crippen LogP contribution is 2.26. The van der Waals surface area contributed by atoms with Gasteiger partial charge in [-0.05, 0) is 37.3 Å². The smallest absolute Gasteiger partial charge is 0.00490 e. The minimum absolute atomic E-state index is 0.503. The summed E-state index contributed by atoms with van der Waals surface area (Å²) in [4.78, 5) is 0. The van der Waals surface area contributed by atoms with Crippen molar-refractivity contribution in [3.63, 3.8) is 0 Å². The van der Waals surface area contributed by atoms with E-state index < -0.39 is 0 Å². The Morgan fingerprint density at radius 1 is 1.07 bits per heavy atom. The van der Waals surface area contributed by atoms with E-state index in [9.17, 15) is 0 Å². The van der Waals surface area contributed by atoms with E-state index in [1.807, 2.05) is 0 Å². The maximum atomic E-state index is 3.37. The number of hydrogen-bond donors (Lipinski definition) is 1. The largest absolute Gasteiger partial charge is 0.317 e. The second-order valence-corrected chi connectivity index (χ2v) is 6.07. The first kappa shape index (κ1) is 15.0. The highest BCUT2D eigenvalue weighted by molar-refractivity contribution is 4.66. The monoisotopic (exact) mass is 213 g/mol. The summed E-state index contributed by atoms with van der Waals surface area (Å²) in [5, 5.41) is 3.37. The van der Waals surface area contributed by atoms with Crippen molar-refractivity contribution in [1.82, 2.24) is 5.32 Å². The summed E-state index contributed by atoms with van der Waals surface area (Å²) in [6, 6.07) is 0. The van der Waals surface area contributed by atoms with Gasteiger partial charge in [-0.25, -0.2) is 0 Å². The van der Waals surface area contributed by atoms with Gasteiger partial charge in [0.25, 0.3) is 0 Å². The summed E-state index contributed by atoms with van der Waals surface area (Å²) in [5.41, 5.74) is 0.503. The van der Waals surface area contributed by atoms with E-state index in [-0.39, 0.29) is 0 Å². The van der Waals surface area contributed by atoms with Crippen molar-refractivity contribution in [2.24, 2.45) is 11.3 Å². The maximum absolute atomic E-state index is 3.37. The second-order valence-electron chi connectivity index (χ2n) is 6.07. The predicted octanol–water partition coefficient (Wildman–Crippen LogP) is 4.23. The summed E-state index contributed by atoms with van der Waals surface area (Å²) < 4.78 is 0. The van der Waals surface area contributed by atoms with Gasteiger partial charge in [-0.3, -0.25) is 0 Å². The topological polar surface area (TPSA) is 12.0 Å². The molecule has 0 radical (unpaired) electrons. The van der Waals surface area contributed by atoms with E-state index in [1.54, 1.807) is 0 Å². The van der Waals surface area contributed by atoms with Gasteiger partial charge in [-0.1, -0.05) is 53.9 Å². The summed E-state index contributed by atoms with van der Waals surface area (Å²) in [6.07, 6.45) is 6.91. The van der Waals surface area contributed by atoms with Crippen LogP contribution in [0.2, 0.25) is 0 Å². The van der Waals surface area contributed by atoms with Crippen LogP contribution in [0.4, 0.5) is 0 Å². The van der Waals surface area contributed by atoms with Crippen LogP contribution in [0.5, 0.6) is 0 Å². The molecule has 1 unspecified atom stereocenters. The van der Waals surface area contributed by atoms with Gasteiger partial charge in [0, 0.05) is 0 Å². The zero-order chi connectivity index (χ0) is 11.7. The Morgan fingerprint density at radius 2 is 1.73 bits per heavy atom. The van der Waals surface area contributed by atoms with E-state index in [1.165, 1.54) is 38.6 Å². The SMILES string of the molecule is CCNCCCCCC(C)CC(C)(C)C. The van der Waals surface area contributed by atoms with Crippen LogP contribution in [0.15, 0.2) is 0 Å². The molecule has 92 valence electrons. The normalized spacial score (nSPS) is 14.2. The van der Waals surface area contributed by atoms with Gasteiger partial charge in [0.15, 0.2) is 0 Å². The molecule has 0 rings (SSSR count). The van der Waals surface area contributed by atoms with Gasteiger partial charge < -0.3 is 5.32 Å². The van der Waals surface area contributed by atoms with Crippen LogP contribution in [0.25, 0.3) is 0 Å². The van der Waals surface area contributed by atoms with Gasteiger partial charge in [0.05, 0.1) is 0 Å². The van der Waals surface area contributed by atoms with Crippen LogP contribution in [0.3, 0.4) is 0 Å². The maximum Gasteiger partial charge on any atom is -0.00490 e. The van der Waals surface area contributed by atoms with Crippen LogP contribution in [0.1, 0.15) is 66.7 Å². The Morgan fingerprint density at radius 3 is 2.27 bits per heavy atom. The van der Waals surface area contributed by atoms with Crippen LogP contribution in [0, 0.1) is 11.3 Å². The number of hydrogen-bond acceptors (Lipinski definition) is 1. The molecule has 1 N–H and O–H groups in total. The van der Waals surface area contributed by atoms with Crippen molar-refractivity contribution in [3.05, 3.63) is 0 Å². The highest BCUT2D eigenvalue weighted by Gasteiger charge is 2.14. The standard InChI is InChI=1S/C14H31N/c1-6-15-11-9-7-8-10-13(2)12-14(3,4)5/h13,15H,6-12H2,1-5H3. The molecule has 0 aromatic carbocycles. The van der Waals surface area contributed by atoms with Crippen LogP contribution < -0.4 is 5.32 Å². The molecule has 1 heteroatoms. The van der Waals surface area contributed by atoms with Gasteiger partial charge in [0.2, 0.25) is 0 Å². The van der Waals surface area contributed by atoms with E-state index in [2.05, 4.69) is 39.9 Å². The quantitative estimate of drug-likeness (QED) is 0.595. The Hall–Kier alpha value is -0.0400. The first-order valence-electron chi connectivity index (χ1n) is 6.66. The molecular formula is C14H31N. The highest BCUT2D eigenvalue weighted by atomic mass is 14.8. The Bertz CT molecular complexity index is 135. The van der Waals surface area contributed by atoms with Crippen LogP contribution in [-0.4, -0.2) is 13.1 Å². The van der Waals surface area contributed by atoms with Crippen LogP contribution in [-0.2, 0) is 0 Å². The molecule has 0 aliphatic heterocycles. The molecule has 0 bridgehead atoms. The number of unbranched alkanes of at least 4 members (excludes halogenated alkanes) is 2. The van der Waals surface area contributed by atoms with Gasteiger partial charge in [-0.15, -0.1) is 0 Å².